The maximum absolute atomic E-state index is 9.45. The molecule has 152 valence electrons. The monoisotopic (exact) mass is 405 g/mol. The van der Waals surface area contributed by atoms with Gasteiger partial charge in [0.1, 0.15) is 6.07 Å². The zero-order valence-electron chi connectivity index (χ0n) is 17.7. The largest absolute Gasteiger partial charge is 0.236 e. The zero-order chi connectivity index (χ0) is 21.6. The van der Waals surface area contributed by atoms with Crippen LogP contribution in [0.1, 0.15) is 36.4 Å². The normalized spacial score (nSPS) is 10.8. The summed E-state index contributed by atoms with van der Waals surface area (Å²) in [4.78, 5) is 18.7. The van der Waals surface area contributed by atoms with Crippen molar-refractivity contribution in [1.82, 2.24) is 19.9 Å². The van der Waals surface area contributed by atoms with Crippen LogP contribution in [-0.4, -0.2) is 19.9 Å². The first kappa shape index (κ1) is 20.4. The van der Waals surface area contributed by atoms with Gasteiger partial charge in [-0.3, -0.25) is 0 Å². The molecule has 0 amide bonds. The number of nitrogens with zero attached hydrogens (tertiary/aromatic N) is 5. The van der Waals surface area contributed by atoms with Crippen molar-refractivity contribution in [3.8, 4) is 28.8 Å². The molecule has 0 atom stereocenters. The molecule has 5 heteroatoms. The Balaban J connectivity index is 1.82. The van der Waals surface area contributed by atoms with Crippen molar-refractivity contribution in [3.05, 3.63) is 95.6 Å². The van der Waals surface area contributed by atoms with Crippen LogP contribution >= 0.6 is 0 Å². The van der Waals surface area contributed by atoms with E-state index in [0.29, 0.717) is 29.6 Å². The Bertz CT molecular complexity index is 1210. The quantitative estimate of drug-likeness (QED) is 0.437. The topological polar surface area (TPSA) is 75.3 Å². The molecule has 0 saturated heterocycles. The average molecular weight is 406 g/mol. The first-order chi connectivity index (χ1) is 15.1. The molecule has 0 aliphatic heterocycles. The molecule has 4 rings (SSSR count). The predicted molar refractivity (Wildman–Crippen MR) is 121 cm³/mol. The molecule has 0 fully saturated rings. The first-order valence-electron chi connectivity index (χ1n) is 10.4. The van der Waals surface area contributed by atoms with Crippen LogP contribution in [0.3, 0.4) is 0 Å². The van der Waals surface area contributed by atoms with Gasteiger partial charge in [0, 0.05) is 24.4 Å². The summed E-state index contributed by atoms with van der Waals surface area (Å²) in [6, 6.07) is 22.3. The lowest BCUT2D eigenvalue weighted by molar-refractivity contribution is 0.633. The molecule has 0 aliphatic rings. The number of nitriles is 1. The van der Waals surface area contributed by atoms with Crippen molar-refractivity contribution in [2.24, 2.45) is 5.92 Å². The molecule has 0 N–H and O–H groups in total. The summed E-state index contributed by atoms with van der Waals surface area (Å²) in [5.41, 5.74) is 5.05. The van der Waals surface area contributed by atoms with E-state index in [4.69, 9.17) is 9.97 Å². The van der Waals surface area contributed by atoms with Crippen molar-refractivity contribution in [3.63, 3.8) is 0 Å². The minimum atomic E-state index is 0.385. The molecule has 0 bridgehead atoms. The lowest BCUT2D eigenvalue weighted by atomic mass is 10.0. The summed E-state index contributed by atoms with van der Waals surface area (Å²) >= 11 is 0. The van der Waals surface area contributed by atoms with Crippen molar-refractivity contribution >= 4 is 0 Å². The van der Waals surface area contributed by atoms with Crippen LogP contribution in [0.15, 0.2) is 73.1 Å². The molecule has 4 aromatic rings. The van der Waals surface area contributed by atoms with E-state index in [1.54, 1.807) is 12.4 Å². The summed E-state index contributed by atoms with van der Waals surface area (Å²) < 4.78 is 0. The minimum Gasteiger partial charge on any atom is -0.236 e. The summed E-state index contributed by atoms with van der Waals surface area (Å²) in [5, 5.41) is 9.45. The van der Waals surface area contributed by atoms with Crippen molar-refractivity contribution in [1.29, 1.82) is 5.26 Å². The highest BCUT2D eigenvalue weighted by atomic mass is 14.9. The summed E-state index contributed by atoms with van der Waals surface area (Å²) in [6.07, 6.45) is 4.77. The van der Waals surface area contributed by atoms with Crippen molar-refractivity contribution in [2.45, 2.75) is 26.7 Å². The number of benzene rings is 2. The Morgan fingerprint density at radius 1 is 0.806 bits per heavy atom. The van der Waals surface area contributed by atoms with Crippen LogP contribution in [-0.2, 0) is 12.8 Å². The molecule has 31 heavy (non-hydrogen) atoms. The van der Waals surface area contributed by atoms with Crippen LogP contribution in [0.25, 0.3) is 22.8 Å². The van der Waals surface area contributed by atoms with Crippen LogP contribution in [0.2, 0.25) is 0 Å². The standard InChI is InChI=1S/C26H23N5/c1-18(2)13-23-21(15-27)16-28-26(30-23)22-17-29-25(20-11-7-4-8-12-20)31-24(22)14-19-9-5-3-6-10-19/h3-12,16-18H,13-14H2,1-2H3. The van der Waals surface area contributed by atoms with Gasteiger partial charge in [0.25, 0.3) is 0 Å². The highest BCUT2D eigenvalue weighted by molar-refractivity contribution is 5.63. The Kier molecular flexibility index (Phi) is 6.09. The van der Waals surface area contributed by atoms with Crippen molar-refractivity contribution in [2.75, 3.05) is 0 Å². The molecule has 0 radical (unpaired) electrons. The number of rotatable bonds is 6. The maximum Gasteiger partial charge on any atom is 0.162 e. The molecule has 2 aromatic carbocycles. The average Bonchev–Trinajstić information content (AvgIpc) is 2.80. The van der Waals surface area contributed by atoms with Crippen LogP contribution < -0.4 is 0 Å². The lowest BCUT2D eigenvalue weighted by Crippen LogP contribution is -2.07. The number of hydrogen-bond donors (Lipinski definition) is 0. The highest BCUT2D eigenvalue weighted by Gasteiger charge is 2.16. The van der Waals surface area contributed by atoms with E-state index in [-0.39, 0.29) is 0 Å². The second kappa shape index (κ2) is 9.27. The fraction of sp³-hybridized carbons (Fsp3) is 0.192. The third-order valence-corrected chi connectivity index (χ3v) is 4.94. The summed E-state index contributed by atoms with van der Waals surface area (Å²) in [6.45, 7) is 4.23. The van der Waals surface area contributed by atoms with Gasteiger partial charge in [0.15, 0.2) is 11.6 Å². The Morgan fingerprint density at radius 3 is 2.13 bits per heavy atom. The second-order valence-corrected chi connectivity index (χ2v) is 7.85. The van der Waals surface area contributed by atoms with Gasteiger partial charge < -0.3 is 0 Å². The van der Waals surface area contributed by atoms with Crippen LogP contribution in [0.5, 0.6) is 0 Å². The van der Waals surface area contributed by atoms with Crippen molar-refractivity contribution < 1.29 is 0 Å². The third-order valence-electron chi connectivity index (χ3n) is 4.94. The molecule has 2 heterocycles. The number of hydrogen-bond acceptors (Lipinski definition) is 5. The highest BCUT2D eigenvalue weighted by Crippen LogP contribution is 2.25. The molecule has 5 nitrogen and oxygen atoms in total. The smallest absolute Gasteiger partial charge is 0.162 e. The fourth-order valence-corrected chi connectivity index (χ4v) is 3.44. The molecular weight excluding hydrogens is 382 g/mol. The Labute approximate surface area is 182 Å². The van der Waals surface area contributed by atoms with Gasteiger partial charge in [-0.2, -0.15) is 5.26 Å². The molecular formula is C26H23N5. The molecule has 0 saturated carbocycles. The van der Waals surface area contributed by atoms with Gasteiger partial charge >= 0.3 is 0 Å². The van der Waals surface area contributed by atoms with E-state index in [1.807, 2.05) is 48.5 Å². The SMILES string of the molecule is CC(C)Cc1nc(-c2cnc(-c3ccccc3)nc2Cc2ccccc2)ncc1C#N. The minimum absolute atomic E-state index is 0.385. The van der Waals surface area contributed by atoms with Gasteiger partial charge in [0.2, 0.25) is 0 Å². The third kappa shape index (κ3) is 4.81. The molecule has 2 aromatic heterocycles. The van der Waals surface area contributed by atoms with Gasteiger partial charge in [-0.05, 0) is 17.9 Å². The first-order valence-corrected chi connectivity index (χ1v) is 10.4. The van der Waals surface area contributed by atoms with E-state index >= 15 is 0 Å². The second-order valence-electron chi connectivity index (χ2n) is 7.85. The summed E-state index contributed by atoms with van der Waals surface area (Å²) in [7, 11) is 0. The van der Waals surface area contributed by atoms with Gasteiger partial charge in [0.05, 0.1) is 22.5 Å². The van der Waals surface area contributed by atoms with Gasteiger partial charge in [-0.15, -0.1) is 0 Å². The fourth-order valence-electron chi connectivity index (χ4n) is 3.44. The zero-order valence-corrected chi connectivity index (χ0v) is 17.7. The van der Waals surface area contributed by atoms with E-state index < -0.39 is 0 Å². The van der Waals surface area contributed by atoms with Gasteiger partial charge in [-0.25, -0.2) is 19.9 Å². The predicted octanol–water partition coefficient (Wildman–Crippen LogP) is 5.26. The molecule has 0 aliphatic carbocycles. The number of aromatic nitrogens is 4. The van der Waals surface area contributed by atoms with Crippen LogP contribution in [0, 0.1) is 17.2 Å². The van der Waals surface area contributed by atoms with E-state index in [0.717, 1.165) is 34.5 Å². The van der Waals surface area contributed by atoms with Gasteiger partial charge in [-0.1, -0.05) is 74.5 Å². The maximum atomic E-state index is 9.45. The Hall–Kier alpha value is -3.91. The lowest BCUT2D eigenvalue weighted by Gasteiger charge is -2.12. The van der Waals surface area contributed by atoms with E-state index in [9.17, 15) is 5.26 Å². The Morgan fingerprint density at radius 2 is 1.45 bits per heavy atom. The molecule has 0 spiro atoms. The van der Waals surface area contributed by atoms with E-state index in [1.165, 1.54) is 0 Å². The summed E-state index contributed by atoms with van der Waals surface area (Å²) in [5.74, 6) is 1.61. The molecule has 0 unspecified atom stereocenters. The van der Waals surface area contributed by atoms with Crippen LogP contribution in [0.4, 0.5) is 0 Å². The van der Waals surface area contributed by atoms with E-state index in [2.05, 4.69) is 42.0 Å².